The van der Waals surface area contributed by atoms with Gasteiger partial charge in [0.25, 0.3) is 0 Å². The van der Waals surface area contributed by atoms with Crippen LogP contribution in [0.25, 0.3) is 11.4 Å². The van der Waals surface area contributed by atoms with E-state index in [9.17, 15) is 0 Å². The molecule has 0 saturated carbocycles. The van der Waals surface area contributed by atoms with Crippen LogP contribution in [0.5, 0.6) is 0 Å². The molecule has 5 nitrogen and oxygen atoms in total. The molecule has 5 heteroatoms. The van der Waals surface area contributed by atoms with E-state index in [1.165, 1.54) is 4.80 Å². The summed E-state index contributed by atoms with van der Waals surface area (Å²) in [6.07, 6.45) is 1.75. The lowest BCUT2D eigenvalue weighted by Gasteiger charge is -1.96. The van der Waals surface area contributed by atoms with Gasteiger partial charge in [-0.3, -0.25) is 4.98 Å². The predicted molar refractivity (Wildman–Crippen MR) is 46.8 cm³/mol. The number of hydrogen-bond acceptors (Lipinski definition) is 4. The molecule has 0 aliphatic rings. The fraction of sp³-hybridized carbons (Fsp3) is 0.250. The van der Waals surface area contributed by atoms with Crippen molar-refractivity contribution in [3.05, 3.63) is 24.0 Å². The molecule has 0 spiro atoms. The average Bonchev–Trinajstić information content (AvgIpc) is 2.53. The summed E-state index contributed by atoms with van der Waals surface area (Å²) in [7, 11) is 1.74. The molecule has 0 N–H and O–H groups in total. The zero-order valence-corrected chi connectivity index (χ0v) is 7.47. The van der Waals surface area contributed by atoms with Crippen molar-refractivity contribution in [1.29, 1.82) is 0 Å². The smallest absolute Gasteiger partial charge is 0.206 e. The highest BCUT2D eigenvalue weighted by Crippen LogP contribution is 2.15. The molecule has 0 atom stereocenters. The van der Waals surface area contributed by atoms with Gasteiger partial charge in [-0.25, -0.2) is 0 Å². The highest BCUT2D eigenvalue weighted by Gasteiger charge is 2.06. The Kier molecular flexibility index (Phi) is 1.77. The van der Waals surface area contributed by atoms with E-state index in [0.29, 0.717) is 5.82 Å². The summed E-state index contributed by atoms with van der Waals surface area (Å²) in [5.41, 5.74) is 1.84. The zero-order chi connectivity index (χ0) is 9.26. The van der Waals surface area contributed by atoms with Crippen molar-refractivity contribution in [2.45, 2.75) is 6.92 Å². The second kappa shape index (κ2) is 2.93. The molecule has 0 amide bonds. The second-order valence-electron chi connectivity index (χ2n) is 2.74. The third-order valence-corrected chi connectivity index (χ3v) is 1.76. The molecule has 2 aromatic heterocycles. The Morgan fingerprint density at radius 3 is 2.85 bits per heavy atom. The van der Waals surface area contributed by atoms with Gasteiger partial charge in [-0.2, -0.15) is 4.80 Å². The van der Waals surface area contributed by atoms with E-state index < -0.39 is 0 Å². The molecule has 2 rings (SSSR count). The molecular weight excluding hydrogens is 166 g/mol. The number of aryl methyl sites for hydroxylation is 2. The maximum absolute atomic E-state index is 4.15. The summed E-state index contributed by atoms with van der Waals surface area (Å²) in [5, 5.41) is 11.8. The Balaban J connectivity index is 2.52. The monoisotopic (exact) mass is 175 g/mol. The maximum Gasteiger partial charge on any atom is 0.206 e. The molecule has 2 aromatic rings. The number of hydrogen-bond donors (Lipinski definition) is 0. The van der Waals surface area contributed by atoms with Crippen LogP contribution in [-0.4, -0.2) is 25.2 Å². The maximum atomic E-state index is 4.15. The van der Waals surface area contributed by atoms with Gasteiger partial charge in [0.2, 0.25) is 5.82 Å². The Morgan fingerprint density at radius 1 is 1.38 bits per heavy atom. The molecule has 13 heavy (non-hydrogen) atoms. The number of aromatic nitrogens is 5. The summed E-state index contributed by atoms with van der Waals surface area (Å²) in [5.74, 6) is 0.619. The molecule has 0 unspecified atom stereocenters. The van der Waals surface area contributed by atoms with Crippen LogP contribution in [0.3, 0.4) is 0 Å². The average molecular weight is 175 g/mol. The molecule has 0 aromatic carbocycles. The highest BCUT2D eigenvalue weighted by molar-refractivity contribution is 5.56. The third-order valence-electron chi connectivity index (χ3n) is 1.76. The molecule has 0 fully saturated rings. The van der Waals surface area contributed by atoms with E-state index in [1.54, 1.807) is 13.2 Å². The van der Waals surface area contributed by atoms with Crippen molar-refractivity contribution in [3.63, 3.8) is 0 Å². The van der Waals surface area contributed by atoms with Crippen LogP contribution in [0, 0.1) is 6.92 Å². The second-order valence-corrected chi connectivity index (χ2v) is 2.74. The molecule has 0 saturated heterocycles. The largest absolute Gasteiger partial charge is 0.261 e. The van der Waals surface area contributed by atoms with E-state index in [1.807, 2.05) is 19.1 Å². The lowest BCUT2D eigenvalue weighted by molar-refractivity contribution is 0.630. The van der Waals surface area contributed by atoms with Gasteiger partial charge < -0.3 is 0 Å². The first-order valence-electron chi connectivity index (χ1n) is 3.93. The van der Waals surface area contributed by atoms with Crippen LogP contribution < -0.4 is 0 Å². The van der Waals surface area contributed by atoms with Gasteiger partial charge in [0.1, 0.15) is 0 Å². The summed E-state index contributed by atoms with van der Waals surface area (Å²) in [6, 6.07) is 3.79. The van der Waals surface area contributed by atoms with E-state index in [4.69, 9.17) is 0 Å². The minimum absolute atomic E-state index is 0.619. The normalized spacial score (nSPS) is 10.3. The van der Waals surface area contributed by atoms with Crippen molar-refractivity contribution >= 4 is 0 Å². The van der Waals surface area contributed by atoms with Gasteiger partial charge in [0.05, 0.1) is 7.05 Å². The molecular formula is C8H9N5. The number of tetrazole rings is 1. The molecule has 0 aliphatic heterocycles. The standard InChI is InChI=1S/C8H9N5/c1-6-7(4-3-5-9-6)8-10-12-13(2)11-8/h3-5H,1-2H3. The third kappa shape index (κ3) is 1.40. The van der Waals surface area contributed by atoms with E-state index in [0.717, 1.165) is 11.3 Å². The van der Waals surface area contributed by atoms with Crippen molar-refractivity contribution in [3.8, 4) is 11.4 Å². The van der Waals surface area contributed by atoms with E-state index in [2.05, 4.69) is 20.4 Å². The van der Waals surface area contributed by atoms with Crippen molar-refractivity contribution in [2.75, 3.05) is 0 Å². The fourth-order valence-corrected chi connectivity index (χ4v) is 1.11. The van der Waals surface area contributed by atoms with Crippen LogP contribution in [0.1, 0.15) is 5.69 Å². The summed E-state index contributed by atoms with van der Waals surface area (Å²) >= 11 is 0. The topological polar surface area (TPSA) is 56.5 Å². The zero-order valence-electron chi connectivity index (χ0n) is 7.47. The number of rotatable bonds is 1. The summed E-state index contributed by atoms with van der Waals surface area (Å²) in [6.45, 7) is 1.92. The van der Waals surface area contributed by atoms with E-state index >= 15 is 0 Å². The van der Waals surface area contributed by atoms with Crippen LogP contribution in [0.15, 0.2) is 18.3 Å². The van der Waals surface area contributed by atoms with Crippen LogP contribution in [0.2, 0.25) is 0 Å². The summed E-state index contributed by atoms with van der Waals surface area (Å²) < 4.78 is 0. The van der Waals surface area contributed by atoms with Crippen molar-refractivity contribution in [1.82, 2.24) is 25.2 Å². The highest BCUT2D eigenvalue weighted by atomic mass is 15.6. The molecule has 0 aliphatic carbocycles. The molecule has 66 valence electrons. The Labute approximate surface area is 75.4 Å². The molecule has 0 bridgehead atoms. The first-order valence-corrected chi connectivity index (χ1v) is 3.93. The predicted octanol–water partition coefficient (Wildman–Crippen LogP) is 0.581. The number of nitrogens with zero attached hydrogens (tertiary/aromatic N) is 5. The fourth-order valence-electron chi connectivity index (χ4n) is 1.11. The molecule has 0 radical (unpaired) electrons. The first-order chi connectivity index (χ1) is 6.27. The molecule has 2 heterocycles. The minimum Gasteiger partial charge on any atom is -0.261 e. The Morgan fingerprint density at radius 2 is 2.23 bits per heavy atom. The SMILES string of the molecule is Cc1ncccc1-c1nnn(C)n1. The van der Waals surface area contributed by atoms with Crippen LogP contribution in [-0.2, 0) is 7.05 Å². The van der Waals surface area contributed by atoms with Gasteiger partial charge >= 0.3 is 0 Å². The lowest BCUT2D eigenvalue weighted by Crippen LogP contribution is -1.92. The quantitative estimate of drug-likeness (QED) is 0.636. The summed E-state index contributed by atoms with van der Waals surface area (Å²) in [4.78, 5) is 5.58. The first kappa shape index (κ1) is 7.85. The van der Waals surface area contributed by atoms with E-state index in [-0.39, 0.29) is 0 Å². The lowest BCUT2D eigenvalue weighted by atomic mass is 10.2. The number of pyridine rings is 1. The van der Waals surface area contributed by atoms with Crippen molar-refractivity contribution < 1.29 is 0 Å². The van der Waals surface area contributed by atoms with Gasteiger partial charge in [-0.15, -0.1) is 10.2 Å². The Bertz CT molecular complexity index is 420. The minimum atomic E-state index is 0.619. The van der Waals surface area contributed by atoms with Gasteiger partial charge in [0.15, 0.2) is 0 Å². The van der Waals surface area contributed by atoms with Gasteiger partial charge in [-0.05, 0) is 24.3 Å². The van der Waals surface area contributed by atoms with Gasteiger partial charge in [-0.1, -0.05) is 0 Å². The Hall–Kier alpha value is -1.78. The van der Waals surface area contributed by atoms with Crippen LogP contribution in [0.4, 0.5) is 0 Å². The van der Waals surface area contributed by atoms with Gasteiger partial charge in [0, 0.05) is 17.5 Å². The van der Waals surface area contributed by atoms with Crippen LogP contribution >= 0.6 is 0 Å². The van der Waals surface area contributed by atoms with Crippen molar-refractivity contribution in [2.24, 2.45) is 7.05 Å².